The molecule has 0 aromatic carbocycles. The maximum Gasteiger partial charge on any atom is 0.337 e. The van der Waals surface area contributed by atoms with Crippen molar-refractivity contribution in [2.24, 2.45) is 0 Å². The second kappa shape index (κ2) is 3.24. The van der Waals surface area contributed by atoms with Crippen LogP contribution in [0.4, 0.5) is 0 Å². The molecule has 1 fully saturated rings. The van der Waals surface area contributed by atoms with Crippen molar-refractivity contribution in [2.75, 3.05) is 0 Å². The van der Waals surface area contributed by atoms with Gasteiger partial charge in [0.2, 0.25) is 0 Å². The molecule has 1 aliphatic rings. The normalized spacial score (nSPS) is 15.5. The third kappa shape index (κ3) is 1.59. The van der Waals surface area contributed by atoms with Crippen LogP contribution in [0.5, 0.6) is 0 Å². The van der Waals surface area contributed by atoms with Crippen LogP contribution in [0, 0.1) is 0 Å². The molecule has 2 rings (SSSR count). The first-order valence-corrected chi connectivity index (χ1v) is 5.04. The number of halogens is 1. The van der Waals surface area contributed by atoms with Crippen molar-refractivity contribution < 1.29 is 9.90 Å². The SMILES string of the molecule is O=C(O)c1cc(Br)c(=O)n(C2CC2)c1. The van der Waals surface area contributed by atoms with E-state index in [1.165, 1.54) is 16.8 Å². The Labute approximate surface area is 88.3 Å². The quantitative estimate of drug-likeness (QED) is 0.877. The van der Waals surface area contributed by atoms with Gasteiger partial charge >= 0.3 is 5.97 Å². The van der Waals surface area contributed by atoms with Gasteiger partial charge in [0.15, 0.2) is 0 Å². The van der Waals surface area contributed by atoms with Gasteiger partial charge in [-0.2, -0.15) is 0 Å². The molecule has 4 nitrogen and oxygen atoms in total. The topological polar surface area (TPSA) is 59.3 Å². The molecule has 0 amide bonds. The van der Waals surface area contributed by atoms with Crippen molar-refractivity contribution in [2.45, 2.75) is 18.9 Å². The van der Waals surface area contributed by atoms with Crippen molar-refractivity contribution in [3.63, 3.8) is 0 Å². The molecule has 0 radical (unpaired) electrons. The zero-order valence-corrected chi connectivity index (χ0v) is 8.82. The standard InChI is InChI=1S/C9H8BrNO3/c10-7-3-5(9(13)14)4-11(8(7)12)6-1-2-6/h3-4,6H,1-2H2,(H,13,14). The molecule has 5 heteroatoms. The molecule has 0 spiro atoms. The molecule has 1 aliphatic carbocycles. The van der Waals surface area contributed by atoms with Gasteiger partial charge < -0.3 is 9.67 Å². The van der Waals surface area contributed by atoms with Crippen molar-refractivity contribution in [3.8, 4) is 0 Å². The summed E-state index contributed by atoms with van der Waals surface area (Å²) in [4.78, 5) is 22.3. The van der Waals surface area contributed by atoms with Crippen molar-refractivity contribution >= 4 is 21.9 Å². The Morgan fingerprint density at radius 3 is 2.71 bits per heavy atom. The summed E-state index contributed by atoms with van der Waals surface area (Å²) in [6, 6.07) is 1.53. The number of hydrogen-bond donors (Lipinski definition) is 1. The summed E-state index contributed by atoms with van der Waals surface area (Å²) in [5.41, 5.74) is -0.0131. The number of carbonyl (C=O) groups is 1. The van der Waals surface area contributed by atoms with Gasteiger partial charge in [0.05, 0.1) is 10.0 Å². The van der Waals surface area contributed by atoms with E-state index in [9.17, 15) is 9.59 Å². The summed E-state index contributed by atoms with van der Waals surface area (Å²) in [6.45, 7) is 0. The molecule has 0 bridgehead atoms. The smallest absolute Gasteiger partial charge is 0.337 e. The van der Waals surface area contributed by atoms with E-state index in [0.717, 1.165) is 12.8 Å². The lowest BCUT2D eigenvalue weighted by atomic mass is 10.3. The van der Waals surface area contributed by atoms with Crippen LogP contribution in [0.1, 0.15) is 29.2 Å². The van der Waals surface area contributed by atoms with Gasteiger partial charge in [-0.25, -0.2) is 4.79 Å². The minimum Gasteiger partial charge on any atom is -0.478 e. The molecule has 74 valence electrons. The highest BCUT2D eigenvalue weighted by Crippen LogP contribution is 2.33. The molecule has 0 unspecified atom stereocenters. The van der Waals surface area contributed by atoms with E-state index in [2.05, 4.69) is 15.9 Å². The van der Waals surface area contributed by atoms with E-state index in [1.54, 1.807) is 0 Å². The zero-order valence-electron chi connectivity index (χ0n) is 7.24. The molecule has 0 aliphatic heterocycles. The van der Waals surface area contributed by atoms with Crippen molar-refractivity contribution in [3.05, 3.63) is 32.7 Å². The van der Waals surface area contributed by atoms with E-state index >= 15 is 0 Å². The predicted molar refractivity (Wildman–Crippen MR) is 53.6 cm³/mol. The lowest BCUT2D eigenvalue weighted by Crippen LogP contribution is -2.20. The fourth-order valence-corrected chi connectivity index (χ4v) is 1.76. The van der Waals surface area contributed by atoms with Crippen molar-refractivity contribution in [1.29, 1.82) is 0 Å². The maximum absolute atomic E-state index is 11.5. The number of nitrogens with zero attached hydrogens (tertiary/aromatic N) is 1. The fourth-order valence-electron chi connectivity index (χ4n) is 1.31. The van der Waals surface area contributed by atoms with Crippen LogP contribution >= 0.6 is 15.9 Å². The van der Waals surface area contributed by atoms with Crippen molar-refractivity contribution in [1.82, 2.24) is 4.57 Å². The highest BCUT2D eigenvalue weighted by atomic mass is 79.9. The van der Waals surface area contributed by atoms with Crippen LogP contribution in [-0.4, -0.2) is 15.6 Å². The Kier molecular flexibility index (Phi) is 2.19. The molecular formula is C9H8BrNO3. The lowest BCUT2D eigenvalue weighted by Gasteiger charge is -2.05. The van der Waals surface area contributed by atoms with E-state index in [1.807, 2.05) is 0 Å². The summed E-state index contributed by atoms with van der Waals surface area (Å²) in [7, 11) is 0. The van der Waals surface area contributed by atoms with E-state index in [0.29, 0.717) is 4.47 Å². The average Bonchev–Trinajstić information content (AvgIpc) is 2.92. The molecule has 0 saturated heterocycles. The Bertz CT molecular complexity index is 448. The second-order valence-electron chi connectivity index (χ2n) is 3.33. The zero-order chi connectivity index (χ0) is 10.3. The largest absolute Gasteiger partial charge is 0.478 e. The van der Waals surface area contributed by atoms with Gasteiger partial charge in [-0.05, 0) is 34.8 Å². The minimum atomic E-state index is -1.01. The van der Waals surface area contributed by atoms with Gasteiger partial charge in [0.25, 0.3) is 5.56 Å². The highest BCUT2D eigenvalue weighted by molar-refractivity contribution is 9.10. The third-order valence-electron chi connectivity index (χ3n) is 2.19. The second-order valence-corrected chi connectivity index (χ2v) is 4.18. The van der Waals surface area contributed by atoms with Gasteiger partial charge in [-0.15, -0.1) is 0 Å². The van der Waals surface area contributed by atoms with Gasteiger partial charge in [0, 0.05) is 12.2 Å². The number of carboxylic acid groups (broad SMARTS) is 1. The molecule has 14 heavy (non-hydrogen) atoms. The Hall–Kier alpha value is -1.10. The van der Waals surface area contributed by atoms with Crippen LogP contribution < -0.4 is 5.56 Å². The third-order valence-corrected chi connectivity index (χ3v) is 2.75. The highest BCUT2D eigenvalue weighted by Gasteiger charge is 2.26. The number of aromatic nitrogens is 1. The van der Waals surface area contributed by atoms with Gasteiger partial charge in [-0.1, -0.05) is 0 Å². The van der Waals surface area contributed by atoms with Crippen LogP contribution in [0.25, 0.3) is 0 Å². The predicted octanol–water partition coefficient (Wildman–Crippen LogP) is 1.64. The monoisotopic (exact) mass is 257 g/mol. The van der Waals surface area contributed by atoms with Gasteiger partial charge in [0.1, 0.15) is 0 Å². The molecule has 0 atom stereocenters. The van der Waals surface area contributed by atoms with Crippen LogP contribution in [0.3, 0.4) is 0 Å². The molecule has 1 heterocycles. The Morgan fingerprint density at radius 1 is 1.57 bits per heavy atom. The first-order chi connectivity index (χ1) is 6.59. The van der Waals surface area contributed by atoms with E-state index in [-0.39, 0.29) is 17.2 Å². The average molecular weight is 258 g/mol. The molecule has 1 aromatic rings. The maximum atomic E-state index is 11.5. The van der Waals surface area contributed by atoms with E-state index < -0.39 is 5.97 Å². The fraction of sp³-hybridized carbons (Fsp3) is 0.333. The molecule has 1 saturated carbocycles. The first kappa shape index (κ1) is 9.45. The Balaban J connectivity index is 2.57. The molecular weight excluding hydrogens is 250 g/mol. The number of aromatic carboxylic acids is 1. The number of rotatable bonds is 2. The summed E-state index contributed by atoms with van der Waals surface area (Å²) >= 11 is 3.06. The number of carboxylic acids is 1. The minimum absolute atomic E-state index is 0.142. The van der Waals surface area contributed by atoms with Gasteiger partial charge in [-0.3, -0.25) is 4.79 Å². The first-order valence-electron chi connectivity index (χ1n) is 4.24. The number of pyridine rings is 1. The summed E-state index contributed by atoms with van der Waals surface area (Å²) in [5, 5.41) is 8.79. The number of hydrogen-bond acceptors (Lipinski definition) is 2. The Morgan fingerprint density at radius 2 is 2.21 bits per heavy atom. The summed E-state index contributed by atoms with van der Waals surface area (Å²) in [6.07, 6.45) is 3.32. The summed E-state index contributed by atoms with van der Waals surface area (Å²) < 4.78 is 1.80. The summed E-state index contributed by atoms with van der Waals surface area (Å²) in [5.74, 6) is -1.01. The van der Waals surface area contributed by atoms with Crippen LogP contribution in [-0.2, 0) is 0 Å². The lowest BCUT2D eigenvalue weighted by molar-refractivity contribution is 0.0695. The van der Waals surface area contributed by atoms with Crippen LogP contribution in [0.2, 0.25) is 0 Å². The molecule has 1 aromatic heterocycles. The molecule has 1 N–H and O–H groups in total. The van der Waals surface area contributed by atoms with Crippen LogP contribution in [0.15, 0.2) is 21.5 Å². The van der Waals surface area contributed by atoms with E-state index in [4.69, 9.17) is 5.11 Å².